The van der Waals surface area contributed by atoms with Gasteiger partial charge in [0.05, 0.1) is 17.9 Å². The minimum absolute atomic E-state index is 0.695. The van der Waals surface area contributed by atoms with E-state index in [0.717, 1.165) is 25.1 Å². The van der Waals surface area contributed by atoms with Crippen LogP contribution in [0.2, 0.25) is 0 Å². The second-order valence-electron chi connectivity index (χ2n) is 5.48. The molecule has 0 unspecified atom stereocenters. The molecule has 3 aromatic rings. The lowest BCUT2D eigenvalue weighted by Crippen LogP contribution is -2.05. The third-order valence-corrected chi connectivity index (χ3v) is 3.99. The molecule has 0 saturated carbocycles. The quantitative estimate of drug-likeness (QED) is 0.781. The second kappa shape index (κ2) is 5.74. The van der Waals surface area contributed by atoms with Gasteiger partial charge in [-0.3, -0.25) is 4.68 Å². The predicted molar refractivity (Wildman–Crippen MR) is 86.4 cm³/mol. The largest absolute Gasteiger partial charge is 0.341 e. The molecule has 0 radical (unpaired) electrons. The first-order chi connectivity index (χ1) is 10.2. The highest BCUT2D eigenvalue weighted by molar-refractivity contribution is 5.81. The van der Waals surface area contributed by atoms with Gasteiger partial charge in [-0.1, -0.05) is 13.0 Å². The third-order valence-electron chi connectivity index (χ3n) is 3.99. The van der Waals surface area contributed by atoms with Gasteiger partial charge in [0, 0.05) is 18.8 Å². The molecule has 2 aromatic heterocycles. The number of benzene rings is 1. The summed E-state index contributed by atoms with van der Waals surface area (Å²) < 4.78 is 4.26. The lowest BCUT2D eigenvalue weighted by Gasteiger charge is -2.06. The molecule has 0 bridgehead atoms. The second-order valence-corrected chi connectivity index (χ2v) is 5.48. The Morgan fingerprint density at radius 2 is 2.05 bits per heavy atom. The predicted octanol–water partition coefficient (Wildman–Crippen LogP) is 2.49. The molecule has 4 nitrogen and oxygen atoms in total. The summed E-state index contributed by atoms with van der Waals surface area (Å²) in [5, 5.41) is 5.79. The molecule has 1 aromatic carbocycles. The van der Waals surface area contributed by atoms with Crippen LogP contribution in [0.5, 0.6) is 0 Å². The Morgan fingerprint density at radius 1 is 1.19 bits per heavy atom. The minimum atomic E-state index is 0.695. The van der Waals surface area contributed by atoms with Gasteiger partial charge in [0.15, 0.2) is 0 Å². The van der Waals surface area contributed by atoms with Crippen molar-refractivity contribution in [3.8, 4) is 0 Å². The Kier molecular flexibility index (Phi) is 3.80. The number of hydrogen-bond donors (Lipinski definition) is 1. The summed E-state index contributed by atoms with van der Waals surface area (Å²) in [5.74, 6) is 0. The Bertz CT molecular complexity index is 751. The van der Waals surface area contributed by atoms with Gasteiger partial charge in [0.1, 0.15) is 0 Å². The Labute approximate surface area is 125 Å². The Balaban J connectivity index is 1.91. The van der Waals surface area contributed by atoms with E-state index in [1.54, 1.807) is 0 Å². The van der Waals surface area contributed by atoms with Crippen LogP contribution in [0.1, 0.15) is 23.9 Å². The molecular formula is C17H22N4. The number of nitrogens with two attached hydrogens (primary N) is 1. The van der Waals surface area contributed by atoms with Gasteiger partial charge in [0.25, 0.3) is 0 Å². The fourth-order valence-corrected chi connectivity index (χ4v) is 2.78. The average Bonchev–Trinajstić information content (AvgIpc) is 3.04. The molecule has 0 atom stereocenters. The van der Waals surface area contributed by atoms with Crippen LogP contribution in [0.25, 0.3) is 10.9 Å². The van der Waals surface area contributed by atoms with Crippen molar-refractivity contribution in [3.63, 3.8) is 0 Å². The van der Waals surface area contributed by atoms with Crippen molar-refractivity contribution in [1.82, 2.24) is 14.3 Å². The number of aromatic nitrogens is 3. The molecule has 0 spiro atoms. The average molecular weight is 282 g/mol. The molecular weight excluding hydrogens is 260 g/mol. The maximum Gasteiger partial charge on any atom is 0.0645 e. The Morgan fingerprint density at radius 3 is 2.76 bits per heavy atom. The SMILES string of the molecule is CCc1cc(Cn2ccc3cc(CCN)ccc32)n(C)n1. The molecule has 0 saturated heterocycles. The fraction of sp³-hybridized carbons (Fsp3) is 0.353. The number of hydrogen-bond acceptors (Lipinski definition) is 2. The maximum absolute atomic E-state index is 5.63. The van der Waals surface area contributed by atoms with Crippen molar-refractivity contribution >= 4 is 10.9 Å². The molecule has 0 amide bonds. The summed E-state index contributed by atoms with van der Waals surface area (Å²) in [5.41, 5.74) is 10.6. The van der Waals surface area contributed by atoms with E-state index in [2.05, 4.69) is 53.1 Å². The van der Waals surface area contributed by atoms with Gasteiger partial charge in [-0.25, -0.2) is 0 Å². The smallest absolute Gasteiger partial charge is 0.0645 e. The lowest BCUT2D eigenvalue weighted by molar-refractivity contribution is 0.669. The van der Waals surface area contributed by atoms with E-state index in [1.165, 1.54) is 22.2 Å². The molecule has 21 heavy (non-hydrogen) atoms. The highest BCUT2D eigenvalue weighted by Gasteiger charge is 2.07. The van der Waals surface area contributed by atoms with Gasteiger partial charge in [-0.15, -0.1) is 0 Å². The van der Waals surface area contributed by atoms with Gasteiger partial charge in [0.2, 0.25) is 0 Å². The van der Waals surface area contributed by atoms with Crippen LogP contribution in [0, 0.1) is 0 Å². The number of rotatable bonds is 5. The molecule has 0 aliphatic heterocycles. The molecule has 110 valence electrons. The number of fused-ring (bicyclic) bond motifs is 1. The first kappa shape index (κ1) is 13.9. The van der Waals surface area contributed by atoms with Crippen molar-refractivity contribution in [2.75, 3.05) is 6.54 Å². The van der Waals surface area contributed by atoms with Crippen LogP contribution in [0.15, 0.2) is 36.5 Å². The molecule has 2 heterocycles. The topological polar surface area (TPSA) is 48.8 Å². The number of aryl methyl sites for hydroxylation is 2. The minimum Gasteiger partial charge on any atom is -0.341 e. The first-order valence-corrected chi connectivity index (χ1v) is 7.51. The zero-order chi connectivity index (χ0) is 14.8. The van der Waals surface area contributed by atoms with Gasteiger partial charge < -0.3 is 10.3 Å². The first-order valence-electron chi connectivity index (χ1n) is 7.51. The lowest BCUT2D eigenvalue weighted by atomic mass is 10.1. The van der Waals surface area contributed by atoms with Crippen LogP contribution in [-0.4, -0.2) is 20.9 Å². The molecule has 4 heteroatoms. The summed E-state index contributed by atoms with van der Waals surface area (Å²) in [6, 6.07) is 11.0. The molecule has 3 rings (SSSR count). The summed E-state index contributed by atoms with van der Waals surface area (Å²) in [6.45, 7) is 3.68. The van der Waals surface area contributed by atoms with Crippen molar-refractivity contribution < 1.29 is 0 Å². The van der Waals surface area contributed by atoms with Crippen molar-refractivity contribution in [1.29, 1.82) is 0 Å². The van der Waals surface area contributed by atoms with Crippen LogP contribution in [0.4, 0.5) is 0 Å². The van der Waals surface area contributed by atoms with Gasteiger partial charge in [-0.05, 0) is 54.6 Å². The fourth-order valence-electron chi connectivity index (χ4n) is 2.78. The van der Waals surface area contributed by atoms with Crippen molar-refractivity contribution in [3.05, 3.63) is 53.5 Å². The van der Waals surface area contributed by atoms with E-state index in [1.807, 2.05) is 11.7 Å². The molecule has 2 N–H and O–H groups in total. The van der Waals surface area contributed by atoms with E-state index >= 15 is 0 Å². The van der Waals surface area contributed by atoms with E-state index in [-0.39, 0.29) is 0 Å². The van der Waals surface area contributed by atoms with Gasteiger partial charge in [-0.2, -0.15) is 5.10 Å². The molecule has 0 fully saturated rings. The zero-order valence-electron chi connectivity index (χ0n) is 12.7. The van der Waals surface area contributed by atoms with E-state index in [9.17, 15) is 0 Å². The van der Waals surface area contributed by atoms with Crippen molar-refractivity contribution in [2.45, 2.75) is 26.3 Å². The normalized spacial score (nSPS) is 11.4. The maximum atomic E-state index is 5.63. The monoisotopic (exact) mass is 282 g/mol. The van der Waals surface area contributed by atoms with Crippen LogP contribution in [-0.2, 0) is 26.4 Å². The van der Waals surface area contributed by atoms with Crippen LogP contribution >= 0.6 is 0 Å². The highest BCUT2D eigenvalue weighted by atomic mass is 15.3. The number of nitrogens with zero attached hydrogens (tertiary/aromatic N) is 3. The summed E-state index contributed by atoms with van der Waals surface area (Å²) in [4.78, 5) is 0. The summed E-state index contributed by atoms with van der Waals surface area (Å²) >= 11 is 0. The van der Waals surface area contributed by atoms with Crippen LogP contribution in [0.3, 0.4) is 0 Å². The Hall–Kier alpha value is -2.07. The molecule has 0 aliphatic rings. The van der Waals surface area contributed by atoms with E-state index in [0.29, 0.717) is 6.54 Å². The van der Waals surface area contributed by atoms with Crippen LogP contribution < -0.4 is 5.73 Å². The van der Waals surface area contributed by atoms with E-state index in [4.69, 9.17) is 5.73 Å². The molecule has 0 aliphatic carbocycles. The van der Waals surface area contributed by atoms with E-state index < -0.39 is 0 Å². The van der Waals surface area contributed by atoms with Gasteiger partial charge >= 0.3 is 0 Å². The third kappa shape index (κ3) is 2.72. The highest BCUT2D eigenvalue weighted by Crippen LogP contribution is 2.19. The standard InChI is InChI=1S/C17H22N4/c1-3-15-11-16(20(2)19-15)12-21-9-7-14-10-13(6-8-18)4-5-17(14)21/h4-5,7,9-11H,3,6,8,12,18H2,1-2H3. The summed E-state index contributed by atoms with van der Waals surface area (Å²) in [7, 11) is 2.01. The summed E-state index contributed by atoms with van der Waals surface area (Å²) in [6.07, 6.45) is 4.06. The van der Waals surface area contributed by atoms with Crippen molar-refractivity contribution in [2.24, 2.45) is 12.8 Å². The zero-order valence-corrected chi connectivity index (χ0v) is 12.7.